The molecule has 0 saturated carbocycles. The number of carbonyl (C=O) groups excluding carboxylic acids is 1. The molecule has 0 aliphatic heterocycles. The first-order chi connectivity index (χ1) is 9.55. The lowest BCUT2D eigenvalue weighted by Gasteiger charge is -2.09. The Morgan fingerprint density at radius 1 is 1.30 bits per heavy atom. The minimum atomic E-state index is -0.514. The number of ether oxygens (including phenoxy) is 1. The molecule has 1 N–H and O–H groups in total. The first-order valence-electron chi connectivity index (χ1n) is 5.83. The number of aliphatic hydroxyl groups is 1. The zero-order valence-electron chi connectivity index (χ0n) is 10.7. The molecule has 0 aliphatic carbocycles. The monoisotopic (exact) mass is 294 g/mol. The highest BCUT2D eigenvalue weighted by atomic mass is 35.5. The van der Waals surface area contributed by atoms with Crippen LogP contribution in [0.1, 0.15) is 15.9 Å². The summed E-state index contributed by atoms with van der Waals surface area (Å²) in [6, 6.07) is 8.81. The number of carbonyl (C=O) groups is 1. The Morgan fingerprint density at radius 2 is 2.05 bits per heavy atom. The quantitative estimate of drug-likeness (QED) is 0.882. The van der Waals surface area contributed by atoms with Crippen LogP contribution in [0, 0.1) is 5.82 Å². The molecule has 20 heavy (non-hydrogen) atoms. The molecule has 0 unspecified atom stereocenters. The van der Waals surface area contributed by atoms with Gasteiger partial charge in [-0.05, 0) is 47.5 Å². The Kier molecular flexibility index (Phi) is 4.37. The minimum absolute atomic E-state index is 0.226. The Hall–Kier alpha value is -1.91. The number of hydrogen-bond donors (Lipinski definition) is 1. The maximum Gasteiger partial charge on any atom is 0.337 e. The van der Waals surface area contributed by atoms with Crippen LogP contribution in [0.3, 0.4) is 0 Å². The molecule has 0 amide bonds. The second-order valence-corrected chi connectivity index (χ2v) is 4.60. The van der Waals surface area contributed by atoms with Crippen molar-refractivity contribution >= 4 is 17.6 Å². The van der Waals surface area contributed by atoms with E-state index in [1.54, 1.807) is 12.1 Å². The fourth-order valence-corrected chi connectivity index (χ4v) is 2.17. The van der Waals surface area contributed by atoms with E-state index in [1.165, 1.54) is 31.4 Å². The van der Waals surface area contributed by atoms with Crippen molar-refractivity contribution in [1.29, 1.82) is 0 Å². The third-order valence-corrected chi connectivity index (χ3v) is 3.15. The van der Waals surface area contributed by atoms with Crippen molar-refractivity contribution in [2.24, 2.45) is 0 Å². The van der Waals surface area contributed by atoms with Gasteiger partial charge in [0.1, 0.15) is 5.82 Å². The number of methoxy groups -OCH3 is 1. The van der Waals surface area contributed by atoms with Crippen LogP contribution in [0.5, 0.6) is 0 Å². The van der Waals surface area contributed by atoms with Crippen molar-refractivity contribution in [2.75, 3.05) is 7.11 Å². The third-order valence-electron chi connectivity index (χ3n) is 2.84. The number of hydrogen-bond acceptors (Lipinski definition) is 3. The van der Waals surface area contributed by atoms with E-state index in [9.17, 15) is 14.3 Å². The first-order valence-corrected chi connectivity index (χ1v) is 6.21. The van der Waals surface area contributed by atoms with Crippen LogP contribution in [0.15, 0.2) is 36.4 Å². The predicted molar refractivity (Wildman–Crippen MR) is 74.1 cm³/mol. The molecule has 3 nitrogen and oxygen atoms in total. The van der Waals surface area contributed by atoms with E-state index in [0.717, 1.165) is 0 Å². The fraction of sp³-hybridized carbons (Fsp3) is 0.133. The second kappa shape index (κ2) is 6.03. The van der Waals surface area contributed by atoms with Crippen LogP contribution in [0.4, 0.5) is 4.39 Å². The Bertz CT molecular complexity index is 656. The van der Waals surface area contributed by atoms with Crippen molar-refractivity contribution in [3.8, 4) is 11.1 Å². The molecule has 0 saturated heterocycles. The van der Waals surface area contributed by atoms with Gasteiger partial charge >= 0.3 is 5.97 Å². The molecule has 0 aromatic heterocycles. The number of esters is 1. The van der Waals surface area contributed by atoms with Crippen molar-refractivity contribution in [3.05, 3.63) is 58.4 Å². The van der Waals surface area contributed by atoms with E-state index in [0.29, 0.717) is 22.3 Å². The van der Waals surface area contributed by atoms with Gasteiger partial charge in [0.2, 0.25) is 0 Å². The Morgan fingerprint density at radius 3 is 2.65 bits per heavy atom. The van der Waals surface area contributed by atoms with E-state index >= 15 is 0 Å². The summed E-state index contributed by atoms with van der Waals surface area (Å²) in [7, 11) is 1.28. The van der Waals surface area contributed by atoms with Gasteiger partial charge in [-0.15, -0.1) is 0 Å². The van der Waals surface area contributed by atoms with Gasteiger partial charge in [0.25, 0.3) is 0 Å². The van der Waals surface area contributed by atoms with E-state index < -0.39 is 11.8 Å². The zero-order chi connectivity index (χ0) is 14.7. The van der Waals surface area contributed by atoms with Crippen molar-refractivity contribution < 1.29 is 19.0 Å². The highest BCUT2D eigenvalue weighted by molar-refractivity contribution is 6.33. The van der Waals surface area contributed by atoms with E-state index in [2.05, 4.69) is 4.74 Å². The highest BCUT2D eigenvalue weighted by Gasteiger charge is 2.12. The number of aliphatic hydroxyl groups excluding tert-OH is 1. The van der Waals surface area contributed by atoms with Gasteiger partial charge in [-0.3, -0.25) is 0 Å². The van der Waals surface area contributed by atoms with Gasteiger partial charge in [0.15, 0.2) is 0 Å². The molecular weight excluding hydrogens is 283 g/mol. The van der Waals surface area contributed by atoms with Gasteiger partial charge in [0.05, 0.1) is 24.3 Å². The van der Waals surface area contributed by atoms with Crippen LogP contribution in [0.25, 0.3) is 11.1 Å². The van der Waals surface area contributed by atoms with Crippen molar-refractivity contribution in [1.82, 2.24) is 0 Å². The van der Waals surface area contributed by atoms with Gasteiger partial charge in [0, 0.05) is 5.56 Å². The average molecular weight is 295 g/mol. The zero-order valence-corrected chi connectivity index (χ0v) is 11.4. The van der Waals surface area contributed by atoms with Gasteiger partial charge < -0.3 is 9.84 Å². The van der Waals surface area contributed by atoms with Crippen LogP contribution in [-0.4, -0.2) is 18.2 Å². The molecular formula is C15H12ClFO3. The lowest BCUT2D eigenvalue weighted by Crippen LogP contribution is -2.02. The summed E-state index contributed by atoms with van der Waals surface area (Å²) in [6.45, 7) is -0.226. The average Bonchev–Trinajstić information content (AvgIpc) is 2.45. The standard InChI is InChI=1S/C15H12ClFO3/c1-20-15(19)11-5-9(8-18)4-10(6-11)13-3-2-12(17)7-14(13)16/h2-7,18H,8H2,1H3. The van der Waals surface area contributed by atoms with E-state index in [-0.39, 0.29) is 11.6 Å². The second-order valence-electron chi connectivity index (χ2n) is 4.19. The molecule has 2 rings (SSSR count). The molecule has 0 radical (unpaired) electrons. The van der Waals surface area contributed by atoms with Gasteiger partial charge in [-0.2, -0.15) is 0 Å². The van der Waals surface area contributed by atoms with Gasteiger partial charge in [-0.1, -0.05) is 11.6 Å². The number of halogens is 2. The lowest BCUT2D eigenvalue weighted by molar-refractivity contribution is 0.0600. The summed E-state index contributed by atoms with van der Waals surface area (Å²) >= 11 is 6.01. The molecule has 0 fully saturated rings. The first kappa shape index (κ1) is 14.5. The van der Waals surface area contributed by atoms with Crippen molar-refractivity contribution in [3.63, 3.8) is 0 Å². The number of rotatable bonds is 3. The third kappa shape index (κ3) is 2.98. The summed E-state index contributed by atoms with van der Waals surface area (Å²) in [4.78, 5) is 11.6. The predicted octanol–water partition coefficient (Wildman–Crippen LogP) is 3.43. The molecule has 2 aromatic carbocycles. The normalized spacial score (nSPS) is 10.4. The number of benzene rings is 2. The minimum Gasteiger partial charge on any atom is -0.465 e. The molecule has 0 aliphatic rings. The summed E-state index contributed by atoms with van der Waals surface area (Å²) in [6.07, 6.45) is 0. The Labute approximate surface area is 120 Å². The smallest absolute Gasteiger partial charge is 0.337 e. The van der Waals surface area contributed by atoms with Crippen molar-refractivity contribution in [2.45, 2.75) is 6.61 Å². The maximum atomic E-state index is 13.1. The Balaban J connectivity index is 2.58. The van der Waals surface area contributed by atoms with Crippen LogP contribution >= 0.6 is 11.6 Å². The highest BCUT2D eigenvalue weighted by Crippen LogP contribution is 2.30. The molecule has 2 aromatic rings. The molecule has 0 spiro atoms. The molecule has 104 valence electrons. The molecule has 0 atom stereocenters. The molecule has 5 heteroatoms. The van der Waals surface area contributed by atoms with Crippen LogP contribution in [-0.2, 0) is 11.3 Å². The van der Waals surface area contributed by atoms with E-state index in [4.69, 9.17) is 11.6 Å². The molecule has 0 bridgehead atoms. The summed E-state index contributed by atoms with van der Waals surface area (Å²) in [5.41, 5.74) is 2.04. The van der Waals surface area contributed by atoms with Gasteiger partial charge in [-0.25, -0.2) is 9.18 Å². The topological polar surface area (TPSA) is 46.5 Å². The summed E-state index contributed by atoms with van der Waals surface area (Å²) < 4.78 is 17.7. The van der Waals surface area contributed by atoms with E-state index in [1.807, 2.05) is 0 Å². The fourth-order valence-electron chi connectivity index (χ4n) is 1.90. The summed E-state index contributed by atoms with van der Waals surface area (Å²) in [5.74, 6) is -0.954. The maximum absolute atomic E-state index is 13.1. The molecule has 0 heterocycles. The largest absolute Gasteiger partial charge is 0.465 e. The summed E-state index contributed by atoms with van der Waals surface area (Å²) in [5, 5.41) is 9.49. The van der Waals surface area contributed by atoms with Crippen LogP contribution < -0.4 is 0 Å². The lowest BCUT2D eigenvalue weighted by atomic mass is 10.00. The van der Waals surface area contributed by atoms with Crippen LogP contribution in [0.2, 0.25) is 5.02 Å². The SMILES string of the molecule is COC(=O)c1cc(CO)cc(-c2ccc(F)cc2Cl)c1.